The number of carbonyl (C=O) groups is 4. The number of amides is 2. The van der Waals surface area contributed by atoms with Crippen LogP contribution >= 0.6 is 0 Å². The molecule has 7 fully saturated rings. The number of nitrogens with zero attached hydrogens (tertiary/aromatic N) is 2. The highest BCUT2D eigenvalue weighted by Gasteiger charge is 2.91. The second kappa shape index (κ2) is 11.3. The fraction of sp³-hybridized carbons (Fsp3) is 0.730. The molecule has 0 unspecified atom stereocenters. The molecule has 0 radical (unpaired) electrons. The molecule has 5 saturated carbocycles. The van der Waals surface area contributed by atoms with E-state index in [0.29, 0.717) is 32.4 Å². The highest BCUT2D eigenvalue weighted by atomic mass is 16.5. The number of hydrogen-bond acceptors (Lipinski definition) is 12. The van der Waals surface area contributed by atoms with Crippen molar-refractivity contribution in [2.75, 3.05) is 38.8 Å². The number of likely N-dealkylation sites (N-methyl/N-ethyl adjacent to an activating group) is 1. The number of piperidine rings is 1. The Bertz CT molecular complexity index is 1640. The zero-order valence-corrected chi connectivity index (χ0v) is 29.2. The van der Waals surface area contributed by atoms with Crippen molar-refractivity contribution < 1.29 is 53.4 Å². The van der Waals surface area contributed by atoms with Crippen molar-refractivity contribution in [3.8, 4) is 0 Å². The number of hydrogen-bond donors (Lipinski definition) is 3. The van der Waals surface area contributed by atoms with Crippen LogP contribution in [0, 0.1) is 40.4 Å². The standard InChI is InChI=1S/C37H48N2O11/c1-6-38-16-34(17-49-32(44)20-9-7-8-10-23(20)39-26(41)13-18(2)31(39)43)12-11-25(47-4)36-22-14-21-24(50-19(3)40)15-35(45,27(22)28(21)42)37(46,33(36)38)30(48-5)29(34)36/h7-10,18,21-22,24-25,27-30,33,42,45-46H,6,11-17H2,1-5H3/t18-,21+,22+,24-,25-,27+,28-,29+,30-,33-,34-,35+,36-,37+/m0/s1. The van der Waals surface area contributed by atoms with E-state index in [0.717, 1.165) is 4.90 Å². The third-order valence-electron chi connectivity index (χ3n) is 14.3. The summed E-state index contributed by atoms with van der Waals surface area (Å²) in [5.41, 5.74) is -5.03. The van der Waals surface area contributed by atoms with Gasteiger partial charge in [0, 0.05) is 75.0 Å². The van der Waals surface area contributed by atoms with Gasteiger partial charge < -0.3 is 34.3 Å². The lowest BCUT2D eigenvalue weighted by Crippen LogP contribution is -2.82. The van der Waals surface area contributed by atoms with E-state index in [2.05, 4.69) is 4.90 Å². The minimum Gasteiger partial charge on any atom is -0.462 e. The van der Waals surface area contributed by atoms with Crippen LogP contribution in [0.15, 0.2) is 24.3 Å². The molecule has 2 aliphatic heterocycles. The van der Waals surface area contributed by atoms with E-state index < -0.39 is 82.0 Å². The van der Waals surface area contributed by atoms with Crippen LogP contribution in [0.25, 0.3) is 0 Å². The number of imide groups is 1. The molecule has 272 valence electrons. The summed E-state index contributed by atoms with van der Waals surface area (Å²) in [5.74, 6) is -4.33. The summed E-state index contributed by atoms with van der Waals surface area (Å²) in [7, 11) is 3.19. The van der Waals surface area contributed by atoms with E-state index in [1.807, 2.05) is 6.92 Å². The Morgan fingerprint density at radius 1 is 1.10 bits per heavy atom. The third-order valence-corrected chi connectivity index (χ3v) is 14.3. The first-order valence-corrected chi connectivity index (χ1v) is 18.0. The van der Waals surface area contributed by atoms with Gasteiger partial charge in [-0.2, -0.15) is 0 Å². The molecule has 3 N–H and O–H groups in total. The number of carbonyl (C=O) groups excluding carboxylic acids is 4. The smallest absolute Gasteiger partial charge is 0.340 e. The van der Waals surface area contributed by atoms with Crippen LogP contribution in [0.2, 0.25) is 0 Å². The summed E-state index contributed by atoms with van der Waals surface area (Å²) in [6.07, 6.45) is -1.47. The average molecular weight is 697 g/mol. The molecule has 2 heterocycles. The van der Waals surface area contributed by atoms with Crippen LogP contribution in [0.4, 0.5) is 5.69 Å². The lowest BCUT2D eigenvalue weighted by molar-refractivity contribution is -0.318. The molecule has 1 spiro atoms. The highest BCUT2D eigenvalue weighted by molar-refractivity contribution is 6.22. The number of benzene rings is 1. The second-order valence-electron chi connectivity index (χ2n) is 16.1. The van der Waals surface area contributed by atoms with Crippen molar-refractivity contribution in [2.45, 2.75) is 94.5 Å². The summed E-state index contributed by atoms with van der Waals surface area (Å²) in [6.45, 7) is 5.91. The number of rotatable bonds is 8. The van der Waals surface area contributed by atoms with E-state index in [1.165, 1.54) is 14.0 Å². The maximum atomic E-state index is 14.0. The zero-order valence-electron chi connectivity index (χ0n) is 29.2. The Balaban J connectivity index is 1.22. The van der Waals surface area contributed by atoms with Gasteiger partial charge in [-0.3, -0.25) is 19.3 Å². The first-order chi connectivity index (χ1) is 23.8. The van der Waals surface area contributed by atoms with Crippen LogP contribution in [0.5, 0.6) is 0 Å². The van der Waals surface area contributed by atoms with E-state index >= 15 is 0 Å². The van der Waals surface area contributed by atoms with Crippen molar-refractivity contribution in [3.63, 3.8) is 0 Å². The third kappa shape index (κ3) is 3.94. The van der Waals surface area contributed by atoms with Gasteiger partial charge >= 0.3 is 11.9 Å². The van der Waals surface area contributed by atoms with Crippen LogP contribution in [-0.4, -0.2) is 120 Å². The minimum atomic E-state index is -1.90. The van der Waals surface area contributed by atoms with Gasteiger partial charge in [0.15, 0.2) is 0 Å². The number of fused-ring (bicyclic) bond motifs is 2. The Morgan fingerprint density at radius 2 is 1.84 bits per heavy atom. The Kier molecular flexibility index (Phi) is 7.71. The number of esters is 2. The van der Waals surface area contributed by atoms with Gasteiger partial charge in [-0.05, 0) is 43.9 Å². The van der Waals surface area contributed by atoms with Crippen molar-refractivity contribution in [2.24, 2.45) is 40.4 Å². The summed E-state index contributed by atoms with van der Waals surface area (Å²) in [6, 6.07) is 5.84. The van der Waals surface area contributed by atoms with Gasteiger partial charge in [0.05, 0.1) is 42.2 Å². The van der Waals surface area contributed by atoms with Crippen molar-refractivity contribution >= 4 is 29.4 Å². The van der Waals surface area contributed by atoms with E-state index in [4.69, 9.17) is 18.9 Å². The molecule has 1 aromatic carbocycles. The van der Waals surface area contributed by atoms with Gasteiger partial charge in [-0.25, -0.2) is 9.69 Å². The molecule has 50 heavy (non-hydrogen) atoms. The molecular weight excluding hydrogens is 648 g/mol. The molecule has 2 saturated heterocycles. The van der Waals surface area contributed by atoms with E-state index in [-0.39, 0.29) is 54.5 Å². The summed E-state index contributed by atoms with van der Waals surface area (Å²) in [4.78, 5) is 55.3. The fourth-order valence-electron chi connectivity index (χ4n) is 13.0. The SMILES string of the molecule is CCN1C[C@]2(COC(=O)c3ccccc3N3C(=O)C[C@H](C)C3=O)CC[C@H](OC)[C@@]34[C@@H]5C[C@H]6[C@H](O)[C@@H]5[C@](O)(C[C@@H]6OC(C)=O)[C@@](O)([C@@H](OC)[C@H]23)[C@@H]14. The second-order valence-corrected chi connectivity index (χ2v) is 16.1. The maximum Gasteiger partial charge on any atom is 0.340 e. The molecule has 14 atom stereocenters. The van der Waals surface area contributed by atoms with Crippen LogP contribution in [0.3, 0.4) is 0 Å². The topological polar surface area (TPSA) is 172 Å². The maximum absolute atomic E-state index is 14.0. The Labute approximate surface area is 291 Å². The predicted octanol–water partition coefficient (Wildman–Crippen LogP) is 1.30. The largest absolute Gasteiger partial charge is 0.462 e. The molecule has 7 bridgehead atoms. The Morgan fingerprint density at radius 3 is 2.48 bits per heavy atom. The average Bonchev–Trinajstić information content (AvgIpc) is 3.58. The van der Waals surface area contributed by atoms with Gasteiger partial charge in [0.25, 0.3) is 0 Å². The number of aliphatic hydroxyl groups excluding tert-OH is 1. The van der Waals surface area contributed by atoms with Crippen LogP contribution in [0.1, 0.15) is 63.2 Å². The van der Waals surface area contributed by atoms with Crippen LogP contribution in [-0.2, 0) is 33.3 Å². The fourth-order valence-corrected chi connectivity index (χ4v) is 13.0. The number of aliphatic hydroxyl groups is 3. The Hall–Kier alpha value is -2.94. The molecule has 5 aliphatic carbocycles. The van der Waals surface area contributed by atoms with Crippen molar-refractivity contribution in [3.05, 3.63) is 29.8 Å². The van der Waals surface area contributed by atoms with Gasteiger partial charge in [-0.15, -0.1) is 0 Å². The van der Waals surface area contributed by atoms with Crippen LogP contribution < -0.4 is 4.90 Å². The number of ether oxygens (including phenoxy) is 4. The summed E-state index contributed by atoms with van der Waals surface area (Å²) < 4.78 is 24.7. The molecule has 2 amide bonds. The molecule has 0 aromatic heterocycles. The zero-order chi connectivity index (χ0) is 35.7. The lowest BCUT2D eigenvalue weighted by Gasteiger charge is -2.70. The molecule has 8 rings (SSSR count). The monoisotopic (exact) mass is 696 g/mol. The molecule has 7 aliphatic rings. The number of anilines is 1. The van der Waals surface area contributed by atoms with Gasteiger partial charge in [0.2, 0.25) is 11.8 Å². The molecule has 13 heteroatoms. The minimum absolute atomic E-state index is 0.0360. The quantitative estimate of drug-likeness (QED) is 0.263. The molecule has 1 aromatic rings. The summed E-state index contributed by atoms with van der Waals surface area (Å²) in [5, 5.41) is 38.2. The number of likely N-dealkylation sites (tertiary alicyclic amines) is 1. The van der Waals surface area contributed by atoms with Gasteiger partial charge in [0.1, 0.15) is 17.3 Å². The summed E-state index contributed by atoms with van der Waals surface area (Å²) >= 11 is 0. The lowest BCUT2D eigenvalue weighted by atomic mass is 9.42. The van der Waals surface area contributed by atoms with E-state index in [1.54, 1.807) is 38.3 Å². The highest BCUT2D eigenvalue weighted by Crippen LogP contribution is 2.80. The van der Waals surface area contributed by atoms with Crippen molar-refractivity contribution in [1.82, 2.24) is 4.90 Å². The number of methoxy groups -OCH3 is 2. The normalized spacial score (nSPS) is 47.1. The van der Waals surface area contributed by atoms with Crippen molar-refractivity contribution in [1.29, 1.82) is 0 Å². The number of para-hydroxylation sites is 1. The first kappa shape index (κ1) is 34.2. The predicted molar refractivity (Wildman–Crippen MR) is 174 cm³/mol. The van der Waals surface area contributed by atoms with E-state index in [9.17, 15) is 34.5 Å². The molecular formula is C37H48N2O11. The first-order valence-electron chi connectivity index (χ1n) is 18.0. The molecule has 13 nitrogen and oxygen atoms in total. The van der Waals surface area contributed by atoms with Gasteiger partial charge in [-0.1, -0.05) is 26.0 Å².